The zero-order valence-electron chi connectivity index (χ0n) is 30.7. The van der Waals surface area contributed by atoms with Crippen LogP contribution in [0.3, 0.4) is 0 Å². The molecule has 0 aliphatic rings. The maximum Gasteiger partial charge on any atom is 0.165 e. The van der Waals surface area contributed by atoms with Crippen LogP contribution in [0.25, 0.3) is 111 Å². The molecule has 0 aliphatic carbocycles. The molecule has 0 amide bonds. The van der Waals surface area contributed by atoms with E-state index < -0.39 is 0 Å². The minimum Gasteiger partial charge on any atom is -0.455 e. The fourth-order valence-corrected chi connectivity index (χ4v) is 8.85. The summed E-state index contributed by atoms with van der Waals surface area (Å²) in [4.78, 5) is 10.8. The van der Waals surface area contributed by atoms with Crippen molar-refractivity contribution in [3.8, 4) is 45.3 Å². The number of rotatable bonds is 5. The lowest BCUT2D eigenvalue weighted by molar-refractivity contribution is 0.669. The standard InChI is InChI=1S/C52H32N4O/c1-3-15-33(16-4-1)34-17-13-18-35(31-34)42-32-48(54-52(53-42)41-25-14-24-38-37-21-9-12-28-47(37)57-51(38)41)56-44-27-11-8-23-40(44)50-46(56)30-29-45-49(50)39-22-7-10-26-43(39)55(45)36-19-5-2-6-20-36/h1-32H. The van der Waals surface area contributed by atoms with E-state index in [1.807, 2.05) is 18.2 Å². The Balaban J connectivity index is 1.17. The molecule has 5 heteroatoms. The first-order chi connectivity index (χ1) is 28.3. The highest BCUT2D eigenvalue weighted by molar-refractivity contribution is 6.29. The highest BCUT2D eigenvalue weighted by Crippen LogP contribution is 2.43. The van der Waals surface area contributed by atoms with Crippen LogP contribution in [0, 0.1) is 0 Å². The second kappa shape index (κ2) is 12.4. The van der Waals surface area contributed by atoms with E-state index >= 15 is 0 Å². The summed E-state index contributed by atoms with van der Waals surface area (Å²) in [5.41, 5.74) is 12.2. The van der Waals surface area contributed by atoms with Gasteiger partial charge in [0, 0.05) is 49.6 Å². The number of furan rings is 1. The summed E-state index contributed by atoms with van der Waals surface area (Å²) in [6, 6.07) is 68.3. The van der Waals surface area contributed by atoms with Gasteiger partial charge in [-0.2, -0.15) is 0 Å². The SMILES string of the molecule is c1ccc(-c2cccc(-c3cc(-n4c5ccccc5c5c6c7ccccc7n(-c7ccccc7)c6ccc54)nc(-c4cccc5c4oc4ccccc45)n3)c2)cc1. The first-order valence-corrected chi connectivity index (χ1v) is 19.3. The Morgan fingerprint density at radius 1 is 0.386 bits per heavy atom. The van der Waals surface area contributed by atoms with Crippen molar-refractivity contribution in [3.63, 3.8) is 0 Å². The van der Waals surface area contributed by atoms with Crippen molar-refractivity contribution >= 4 is 65.6 Å². The molecular formula is C52H32N4O. The van der Waals surface area contributed by atoms with E-state index in [-0.39, 0.29) is 0 Å². The summed E-state index contributed by atoms with van der Waals surface area (Å²) in [6.45, 7) is 0. The molecule has 0 aliphatic heterocycles. The maximum atomic E-state index is 6.57. The second-order valence-corrected chi connectivity index (χ2v) is 14.6. The second-order valence-electron chi connectivity index (χ2n) is 14.6. The molecule has 0 radical (unpaired) electrons. The van der Waals surface area contributed by atoms with Crippen LogP contribution < -0.4 is 0 Å². The van der Waals surface area contributed by atoms with Crippen molar-refractivity contribution in [2.24, 2.45) is 0 Å². The van der Waals surface area contributed by atoms with Crippen LogP contribution in [0.5, 0.6) is 0 Å². The largest absolute Gasteiger partial charge is 0.455 e. The van der Waals surface area contributed by atoms with Crippen molar-refractivity contribution in [1.29, 1.82) is 0 Å². The summed E-state index contributed by atoms with van der Waals surface area (Å²) < 4.78 is 11.3. The molecule has 0 unspecified atom stereocenters. The topological polar surface area (TPSA) is 48.8 Å². The first kappa shape index (κ1) is 31.6. The maximum absolute atomic E-state index is 6.57. The van der Waals surface area contributed by atoms with Crippen molar-refractivity contribution in [3.05, 3.63) is 194 Å². The average Bonchev–Trinajstić information content (AvgIpc) is 3.95. The van der Waals surface area contributed by atoms with Gasteiger partial charge in [0.25, 0.3) is 0 Å². The smallest absolute Gasteiger partial charge is 0.165 e. The van der Waals surface area contributed by atoms with Crippen molar-refractivity contribution in [2.45, 2.75) is 0 Å². The molecule has 0 saturated heterocycles. The van der Waals surface area contributed by atoms with Gasteiger partial charge in [0.05, 0.1) is 33.3 Å². The number of fused-ring (bicyclic) bond motifs is 10. The van der Waals surface area contributed by atoms with Gasteiger partial charge in [-0.15, -0.1) is 0 Å². The van der Waals surface area contributed by atoms with E-state index in [9.17, 15) is 0 Å². The fraction of sp³-hybridized carbons (Fsp3) is 0. The molecule has 4 heterocycles. The van der Waals surface area contributed by atoms with Crippen LogP contribution in [0.2, 0.25) is 0 Å². The van der Waals surface area contributed by atoms with Gasteiger partial charge in [-0.1, -0.05) is 133 Å². The summed E-state index contributed by atoms with van der Waals surface area (Å²) in [5, 5.41) is 6.91. The molecule has 0 spiro atoms. The molecule has 0 bridgehead atoms. The Morgan fingerprint density at radius 2 is 0.965 bits per heavy atom. The Hall–Kier alpha value is -7.76. The third-order valence-electron chi connectivity index (χ3n) is 11.3. The van der Waals surface area contributed by atoms with Crippen LogP contribution in [0.15, 0.2) is 199 Å². The van der Waals surface area contributed by atoms with E-state index in [0.29, 0.717) is 5.82 Å². The number of nitrogens with zero attached hydrogens (tertiary/aromatic N) is 4. The van der Waals surface area contributed by atoms with E-state index in [0.717, 1.165) is 77.9 Å². The molecule has 4 aromatic heterocycles. The third kappa shape index (κ3) is 4.82. The molecule has 0 saturated carbocycles. The van der Waals surface area contributed by atoms with Gasteiger partial charge in [-0.3, -0.25) is 4.57 Å². The Labute approximate surface area is 327 Å². The lowest BCUT2D eigenvalue weighted by Crippen LogP contribution is -2.02. The molecule has 8 aromatic carbocycles. The van der Waals surface area contributed by atoms with E-state index in [1.54, 1.807) is 0 Å². The van der Waals surface area contributed by atoms with Gasteiger partial charge in [0.2, 0.25) is 0 Å². The van der Waals surface area contributed by atoms with E-state index in [1.165, 1.54) is 27.1 Å². The zero-order valence-corrected chi connectivity index (χ0v) is 30.7. The normalized spacial score (nSPS) is 11.9. The fourth-order valence-electron chi connectivity index (χ4n) is 8.85. The van der Waals surface area contributed by atoms with Crippen LogP contribution in [-0.4, -0.2) is 19.1 Å². The predicted octanol–water partition coefficient (Wildman–Crippen LogP) is 13.6. The third-order valence-corrected chi connectivity index (χ3v) is 11.3. The Morgan fingerprint density at radius 3 is 1.74 bits per heavy atom. The molecule has 0 atom stereocenters. The molecule has 12 aromatic rings. The monoisotopic (exact) mass is 728 g/mol. The van der Waals surface area contributed by atoms with Gasteiger partial charge in [-0.25, -0.2) is 9.97 Å². The van der Waals surface area contributed by atoms with Gasteiger partial charge in [-0.05, 0) is 65.7 Å². The molecule has 12 rings (SSSR count). The molecule has 0 N–H and O–H groups in total. The van der Waals surface area contributed by atoms with Crippen molar-refractivity contribution < 1.29 is 4.42 Å². The number of para-hydroxylation sites is 5. The van der Waals surface area contributed by atoms with Crippen LogP contribution >= 0.6 is 0 Å². The Bertz CT molecular complexity index is 3520. The number of aromatic nitrogens is 4. The van der Waals surface area contributed by atoms with E-state index in [4.69, 9.17) is 14.4 Å². The summed E-state index contributed by atoms with van der Waals surface area (Å²) >= 11 is 0. The number of benzene rings is 8. The first-order valence-electron chi connectivity index (χ1n) is 19.3. The zero-order chi connectivity index (χ0) is 37.5. The quantitative estimate of drug-likeness (QED) is 0.177. The lowest BCUT2D eigenvalue weighted by Gasteiger charge is -2.13. The highest BCUT2D eigenvalue weighted by atomic mass is 16.3. The minimum atomic E-state index is 0.602. The number of hydrogen-bond donors (Lipinski definition) is 0. The Kier molecular flexibility index (Phi) is 6.86. The van der Waals surface area contributed by atoms with Crippen LogP contribution in [-0.2, 0) is 0 Å². The minimum absolute atomic E-state index is 0.602. The summed E-state index contributed by atoms with van der Waals surface area (Å²) in [6.07, 6.45) is 0. The predicted molar refractivity (Wildman–Crippen MR) is 234 cm³/mol. The van der Waals surface area contributed by atoms with Gasteiger partial charge >= 0.3 is 0 Å². The molecule has 5 nitrogen and oxygen atoms in total. The molecule has 57 heavy (non-hydrogen) atoms. The van der Waals surface area contributed by atoms with Gasteiger partial charge < -0.3 is 8.98 Å². The van der Waals surface area contributed by atoms with E-state index in [2.05, 4.69) is 185 Å². The molecule has 266 valence electrons. The summed E-state index contributed by atoms with van der Waals surface area (Å²) in [5.74, 6) is 1.38. The highest BCUT2D eigenvalue weighted by Gasteiger charge is 2.23. The van der Waals surface area contributed by atoms with Crippen molar-refractivity contribution in [2.75, 3.05) is 0 Å². The molecule has 0 fully saturated rings. The van der Waals surface area contributed by atoms with Gasteiger partial charge in [0.15, 0.2) is 5.82 Å². The molecular weight excluding hydrogens is 697 g/mol. The summed E-state index contributed by atoms with van der Waals surface area (Å²) in [7, 11) is 0. The van der Waals surface area contributed by atoms with Crippen LogP contribution in [0.1, 0.15) is 0 Å². The van der Waals surface area contributed by atoms with Gasteiger partial charge in [0.1, 0.15) is 17.0 Å². The number of hydrogen-bond acceptors (Lipinski definition) is 3. The van der Waals surface area contributed by atoms with Crippen molar-refractivity contribution in [1.82, 2.24) is 19.1 Å². The van der Waals surface area contributed by atoms with Crippen LogP contribution in [0.4, 0.5) is 0 Å². The lowest BCUT2D eigenvalue weighted by atomic mass is 10.0. The average molecular weight is 729 g/mol.